The van der Waals surface area contributed by atoms with Crippen LogP contribution in [0.2, 0.25) is 0 Å². The molecular formula is C21H33N3O3. The van der Waals surface area contributed by atoms with Gasteiger partial charge in [0.1, 0.15) is 12.4 Å². The highest BCUT2D eigenvalue weighted by Gasteiger charge is 2.28. The summed E-state index contributed by atoms with van der Waals surface area (Å²) in [5.74, 6) is 2.65. The number of nitrogens with zero attached hydrogens (tertiary/aromatic N) is 3. The lowest BCUT2D eigenvalue weighted by atomic mass is 9.85. The van der Waals surface area contributed by atoms with Crippen LogP contribution in [0.1, 0.15) is 63.1 Å². The third kappa shape index (κ3) is 4.91. The van der Waals surface area contributed by atoms with Gasteiger partial charge in [0.2, 0.25) is 5.91 Å². The SMILES string of the molecule is O=C(COC[C@@H]1CCCCO1)N1CCC(c2nccn2CC2CCC2)CC1. The zero-order valence-corrected chi connectivity index (χ0v) is 16.4. The van der Waals surface area contributed by atoms with Crippen molar-refractivity contribution in [2.75, 3.05) is 32.9 Å². The predicted octanol–water partition coefficient (Wildman–Crippen LogP) is 2.97. The van der Waals surface area contributed by atoms with Gasteiger partial charge in [0.15, 0.2) is 0 Å². The lowest BCUT2D eigenvalue weighted by Gasteiger charge is -2.33. The zero-order chi connectivity index (χ0) is 18.5. The summed E-state index contributed by atoms with van der Waals surface area (Å²) >= 11 is 0. The summed E-state index contributed by atoms with van der Waals surface area (Å²) in [6.07, 6.45) is 13.7. The van der Waals surface area contributed by atoms with Crippen molar-refractivity contribution in [1.82, 2.24) is 14.5 Å². The van der Waals surface area contributed by atoms with E-state index >= 15 is 0 Å². The number of piperidine rings is 1. The number of carbonyl (C=O) groups excluding carboxylic acids is 1. The van der Waals surface area contributed by atoms with E-state index in [1.807, 2.05) is 11.1 Å². The molecule has 3 fully saturated rings. The van der Waals surface area contributed by atoms with Crippen molar-refractivity contribution in [2.45, 2.75) is 69.9 Å². The van der Waals surface area contributed by atoms with Crippen molar-refractivity contribution in [1.29, 1.82) is 0 Å². The summed E-state index contributed by atoms with van der Waals surface area (Å²) in [6, 6.07) is 0. The van der Waals surface area contributed by atoms with Gasteiger partial charge in [-0.1, -0.05) is 6.42 Å². The number of carbonyl (C=O) groups is 1. The van der Waals surface area contributed by atoms with Crippen molar-refractivity contribution in [3.63, 3.8) is 0 Å². The monoisotopic (exact) mass is 375 g/mol. The summed E-state index contributed by atoms with van der Waals surface area (Å²) in [5, 5.41) is 0. The average Bonchev–Trinajstić information content (AvgIpc) is 3.14. The highest BCUT2D eigenvalue weighted by atomic mass is 16.5. The molecule has 1 aliphatic carbocycles. The van der Waals surface area contributed by atoms with Crippen molar-refractivity contribution < 1.29 is 14.3 Å². The smallest absolute Gasteiger partial charge is 0.248 e. The molecule has 1 amide bonds. The van der Waals surface area contributed by atoms with Gasteiger partial charge in [0, 0.05) is 44.6 Å². The molecule has 1 saturated carbocycles. The molecule has 0 bridgehead atoms. The Morgan fingerprint density at radius 2 is 2.00 bits per heavy atom. The van der Waals surface area contributed by atoms with Crippen LogP contribution < -0.4 is 0 Å². The fourth-order valence-corrected chi connectivity index (χ4v) is 4.48. The first-order valence-corrected chi connectivity index (χ1v) is 10.8. The number of likely N-dealkylation sites (tertiary alicyclic amines) is 1. The molecule has 1 aromatic heterocycles. The van der Waals surface area contributed by atoms with Crippen LogP contribution in [-0.4, -0.2) is 59.4 Å². The van der Waals surface area contributed by atoms with E-state index < -0.39 is 0 Å². The number of amides is 1. The molecule has 1 aromatic rings. The third-order valence-electron chi connectivity index (χ3n) is 6.44. The molecule has 3 aliphatic rings. The molecule has 2 aliphatic heterocycles. The van der Waals surface area contributed by atoms with E-state index in [2.05, 4.69) is 15.7 Å². The molecule has 27 heavy (non-hydrogen) atoms. The molecule has 3 heterocycles. The Morgan fingerprint density at radius 3 is 2.70 bits per heavy atom. The van der Waals surface area contributed by atoms with E-state index in [-0.39, 0.29) is 18.6 Å². The molecule has 2 saturated heterocycles. The minimum atomic E-state index is 0.113. The van der Waals surface area contributed by atoms with Gasteiger partial charge in [-0.05, 0) is 50.9 Å². The summed E-state index contributed by atoms with van der Waals surface area (Å²) in [4.78, 5) is 19.0. The number of rotatable bonds is 7. The molecule has 0 unspecified atom stereocenters. The minimum Gasteiger partial charge on any atom is -0.376 e. The van der Waals surface area contributed by atoms with Gasteiger partial charge in [0.25, 0.3) is 0 Å². The van der Waals surface area contributed by atoms with Crippen LogP contribution in [0.15, 0.2) is 12.4 Å². The first-order valence-electron chi connectivity index (χ1n) is 10.8. The van der Waals surface area contributed by atoms with Gasteiger partial charge in [-0.15, -0.1) is 0 Å². The molecule has 6 heteroatoms. The van der Waals surface area contributed by atoms with Crippen LogP contribution in [0.3, 0.4) is 0 Å². The van der Waals surface area contributed by atoms with Gasteiger partial charge in [-0.2, -0.15) is 0 Å². The second-order valence-corrected chi connectivity index (χ2v) is 8.39. The van der Waals surface area contributed by atoms with Crippen LogP contribution >= 0.6 is 0 Å². The Balaban J connectivity index is 1.19. The van der Waals surface area contributed by atoms with E-state index in [1.54, 1.807) is 0 Å². The minimum absolute atomic E-state index is 0.113. The number of aromatic nitrogens is 2. The fraction of sp³-hybridized carbons (Fsp3) is 0.810. The molecule has 0 N–H and O–H groups in total. The van der Waals surface area contributed by atoms with Crippen molar-refractivity contribution in [3.8, 4) is 0 Å². The summed E-state index contributed by atoms with van der Waals surface area (Å²) in [5.41, 5.74) is 0. The first kappa shape index (κ1) is 18.9. The normalized spacial score (nSPS) is 24.7. The largest absolute Gasteiger partial charge is 0.376 e. The van der Waals surface area contributed by atoms with Crippen LogP contribution in [0.25, 0.3) is 0 Å². The van der Waals surface area contributed by atoms with E-state index in [0.29, 0.717) is 12.5 Å². The Hall–Kier alpha value is -1.40. The lowest BCUT2D eigenvalue weighted by molar-refractivity contribution is -0.139. The number of ether oxygens (including phenoxy) is 2. The molecule has 0 spiro atoms. The van der Waals surface area contributed by atoms with E-state index in [0.717, 1.165) is 57.8 Å². The Morgan fingerprint density at radius 1 is 1.15 bits per heavy atom. The molecule has 4 rings (SSSR count). The molecule has 0 radical (unpaired) electrons. The second kappa shape index (κ2) is 9.20. The van der Waals surface area contributed by atoms with Gasteiger partial charge in [0.05, 0.1) is 12.7 Å². The first-order chi connectivity index (χ1) is 13.3. The van der Waals surface area contributed by atoms with Crippen LogP contribution in [0.5, 0.6) is 0 Å². The Kier molecular flexibility index (Phi) is 6.45. The van der Waals surface area contributed by atoms with Gasteiger partial charge < -0.3 is 18.9 Å². The van der Waals surface area contributed by atoms with E-state index in [9.17, 15) is 4.79 Å². The number of hydrogen-bond donors (Lipinski definition) is 0. The van der Waals surface area contributed by atoms with Gasteiger partial charge in [-0.25, -0.2) is 4.98 Å². The molecule has 6 nitrogen and oxygen atoms in total. The van der Waals surface area contributed by atoms with Crippen molar-refractivity contribution >= 4 is 5.91 Å². The molecule has 0 aromatic carbocycles. The van der Waals surface area contributed by atoms with Crippen LogP contribution in [0.4, 0.5) is 0 Å². The number of imidazole rings is 1. The van der Waals surface area contributed by atoms with E-state index in [4.69, 9.17) is 9.47 Å². The van der Waals surface area contributed by atoms with E-state index in [1.165, 1.54) is 31.5 Å². The molecular weight excluding hydrogens is 342 g/mol. The standard InChI is InChI=1S/C21H33N3O3/c25-20(16-26-15-19-6-1-2-13-27-19)23-10-7-18(8-11-23)21-22-9-12-24(21)14-17-4-3-5-17/h9,12,17-19H,1-8,10-11,13-16H2/t19-/m0/s1. The topological polar surface area (TPSA) is 56.6 Å². The maximum absolute atomic E-state index is 12.4. The van der Waals surface area contributed by atoms with Crippen LogP contribution in [0, 0.1) is 5.92 Å². The summed E-state index contributed by atoms with van der Waals surface area (Å²) < 4.78 is 13.6. The molecule has 150 valence electrons. The summed E-state index contributed by atoms with van der Waals surface area (Å²) in [6.45, 7) is 4.28. The highest BCUT2D eigenvalue weighted by Crippen LogP contribution is 2.31. The molecule has 1 atom stereocenters. The maximum Gasteiger partial charge on any atom is 0.248 e. The average molecular weight is 376 g/mol. The summed E-state index contributed by atoms with van der Waals surface area (Å²) in [7, 11) is 0. The van der Waals surface area contributed by atoms with Gasteiger partial charge >= 0.3 is 0 Å². The van der Waals surface area contributed by atoms with Crippen molar-refractivity contribution in [2.24, 2.45) is 5.92 Å². The van der Waals surface area contributed by atoms with Crippen LogP contribution in [-0.2, 0) is 20.8 Å². The second-order valence-electron chi connectivity index (χ2n) is 8.39. The van der Waals surface area contributed by atoms with Gasteiger partial charge in [-0.3, -0.25) is 4.79 Å². The van der Waals surface area contributed by atoms with Crippen molar-refractivity contribution in [3.05, 3.63) is 18.2 Å². The maximum atomic E-state index is 12.4. The third-order valence-corrected chi connectivity index (χ3v) is 6.44. The quantitative estimate of drug-likeness (QED) is 0.735. The Bertz CT molecular complexity index is 600. The Labute approximate surface area is 162 Å². The highest BCUT2D eigenvalue weighted by molar-refractivity contribution is 5.77. The number of hydrogen-bond acceptors (Lipinski definition) is 4. The zero-order valence-electron chi connectivity index (χ0n) is 16.4. The fourth-order valence-electron chi connectivity index (χ4n) is 4.48. The lowest BCUT2D eigenvalue weighted by Crippen LogP contribution is -2.41. The predicted molar refractivity (Wildman–Crippen MR) is 103 cm³/mol.